The molecule has 0 saturated heterocycles. The first-order valence-corrected chi connectivity index (χ1v) is 3.48. The molecule has 0 radical (unpaired) electrons. The lowest BCUT2D eigenvalue weighted by atomic mass is 10.1. The summed E-state index contributed by atoms with van der Waals surface area (Å²) in [4.78, 5) is 0. The van der Waals surface area contributed by atoms with Crippen molar-refractivity contribution in [3.05, 3.63) is 42.2 Å². The molecule has 0 aromatic heterocycles. The van der Waals surface area contributed by atoms with Gasteiger partial charge in [0.2, 0.25) is 0 Å². The van der Waals surface area contributed by atoms with Crippen molar-refractivity contribution in [1.29, 1.82) is 0 Å². The summed E-state index contributed by atoms with van der Waals surface area (Å²) in [6, 6.07) is 7.45. The number of benzene rings is 1. The van der Waals surface area contributed by atoms with Gasteiger partial charge in [-0.05, 0) is 12.1 Å². The fourth-order valence-corrected chi connectivity index (χ4v) is 1.12. The first kappa shape index (κ1) is 9.10. The van der Waals surface area contributed by atoms with E-state index in [1.165, 1.54) is 6.26 Å². The largest absolute Gasteiger partial charge is 0.465 e. The third-order valence-electron chi connectivity index (χ3n) is 1.69. The van der Waals surface area contributed by atoms with Gasteiger partial charge >= 0.3 is 0 Å². The van der Waals surface area contributed by atoms with Crippen LogP contribution in [0.15, 0.2) is 36.6 Å². The van der Waals surface area contributed by atoms with E-state index in [1.54, 1.807) is 6.08 Å². The second kappa shape index (κ2) is 3.61. The van der Waals surface area contributed by atoms with Gasteiger partial charge in [-0.1, -0.05) is 18.2 Å². The van der Waals surface area contributed by atoms with Gasteiger partial charge in [0.15, 0.2) is 0 Å². The van der Waals surface area contributed by atoms with Crippen LogP contribution in [-0.2, 0) is 0 Å². The molecule has 1 heterocycles. The molecule has 64 valence electrons. The zero-order valence-corrected chi connectivity index (χ0v) is 7.12. The Kier molecular flexibility index (Phi) is 2.74. The van der Waals surface area contributed by atoms with Crippen LogP contribution in [0, 0.1) is 0 Å². The summed E-state index contributed by atoms with van der Waals surface area (Å²) in [5, 5.41) is 9.39. The number of para-hydroxylation sites is 1. The van der Waals surface area contributed by atoms with Crippen molar-refractivity contribution in [2.24, 2.45) is 0 Å². The van der Waals surface area contributed by atoms with Gasteiger partial charge in [0.1, 0.15) is 11.9 Å². The highest BCUT2D eigenvalue weighted by atomic mass is 35.5. The van der Waals surface area contributed by atoms with Gasteiger partial charge < -0.3 is 9.84 Å². The lowest BCUT2D eigenvalue weighted by Gasteiger charge is -2.15. The van der Waals surface area contributed by atoms with Crippen LogP contribution in [0.4, 0.5) is 0 Å². The number of aliphatic hydroxyl groups is 1. The first-order valence-electron chi connectivity index (χ1n) is 3.48. The fourth-order valence-electron chi connectivity index (χ4n) is 1.12. The van der Waals surface area contributed by atoms with E-state index in [4.69, 9.17) is 4.74 Å². The molecule has 1 unspecified atom stereocenters. The summed E-state index contributed by atoms with van der Waals surface area (Å²) < 4.78 is 5.15. The highest BCUT2D eigenvalue weighted by Crippen LogP contribution is 2.28. The van der Waals surface area contributed by atoms with E-state index in [9.17, 15) is 5.11 Å². The van der Waals surface area contributed by atoms with Gasteiger partial charge in [0.05, 0.1) is 6.26 Å². The standard InChI is InChI=1S/C9H8O2.ClH/c10-8-5-6-11-9-4-2-1-3-7(8)9;/h1-6,8,10H;1H. The van der Waals surface area contributed by atoms with Gasteiger partial charge in [-0.15, -0.1) is 12.4 Å². The monoisotopic (exact) mass is 184 g/mol. The molecule has 1 aromatic carbocycles. The third-order valence-corrected chi connectivity index (χ3v) is 1.69. The molecular weight excluding hydrogens is 176 g/mol. The molecule has 1 atom stereocenters. The Morgan fingerprint density at radius 3 is 2.75 bits per heavy atom. The minimum Gasteiger partial charge on any atom is -0.465 e. The number of halogens is 1. The zero-order valence-electron chi connectivity index (χ0n) is 6.31. The Balaban J connectivity index is 0.000000720. The second-order valence-corrected chi connectivity index (χ2v) is 2.43. The van der Waals surface area contributed by atoms with E-state index in [1.807, 2.05) is 24.3 Å². The lowest BCUT2D eigenvalue weighted by Crippen LogP contribution is -2.01. The van der Waals surface area contributed by atoms with Crippen LogP contribution in [0.2, 0.25) is 0 Å². The number of aliphatic hydroxyl groups excluding tert-OH is 1. The van der Waals surface area contributed by atoms with Crippen molar-refractivity contribution in [1.82, 2.24) is 0 Å². The molecule has 0 aliphatic carbocycles. The lowest BCUT2D eigenvalue weighted by molar-refractivity contribution is 0.213. The summed E-state index contributed by atoms with van der Waals surface area (Å²) in [5.41, 5.74) is 0.829. The molecule has 2 nitrogen and oxygen atoms in total. The molecule has 0 spiro atoms. The smallest absolute Gasteiger partial charge is 0.132 e. The minimum absolute atomic E-state index is 0. The van der Waals surface area contributed by atoms with Crippen LogP contribution in [0.25, 0.3) is 0 Å². The molecule has 0 bridgehead atoms. The van der Waals surface area contributed by atoms with E-state index in [0.29, 0.717) is 0 Å². The van der Waals surface area contributed by atoms with Crippen molar-refractivity contribution in [2.75, 3.05) is 0 Å². The Morgan fingerprint density at radius 1 is 1.25 bits per heavy atom. The average molecular weight is 185 g/mol. The minimum atomic E-state index is -0.514. The van der Waals surface area contributed by atoms with Gasteiger partial charge in [-0.25, -0.2) is 0 Å². The molecule has 0 fully saturated rings. The maximum atomic E-state index is 9.39. The summed E-state index contributed by atoms with van der Waals surface area (Å²) in [6.45, 7) is 0. The SMILES string of the molecule is Cl.OC1C=COc2ccccc21. The number of hydrogen-bond donors (Lipinski definition) is 1. The molecule has 0 amide bonds. The predicted octanol–water partition coefficient (Wildman–Crippen LogP) is 2.05. The maximum absolute atomic E-state index is 9.39. The van der Waals surface area contributed by atoms with Crippen LogP contribution in [0.1, 0.15) is 11.7 Å². The van der Waals surface area contributed by atoms with Crippen molar-refractivity contribution >= 4 is 12.4 Å². The number of ether oxygens (including phenoxy) is 1. The summed E-state index contributed by atoms with van der Waals surface area (Å²) >= 11 is 0. The van der Waals surface area contributed by atoms with Gasteiger partial charge in [-0.2, -0.15) is 0 Å². The summed E-state index contributed by atoms with van der Waals surface area (Å²) in [7, 11) is 0. The third kappa shape index (κ3) is 1.44. The highest BCUT2D eigenvalue weighted by molar-refractivity contribution is 5.85. The predicted molar refractivity (Wildman–Crippen MR) is 48.4 cm³/mol. The van der Waals surface area contributed by atoms with Crippen molar-refractivity contribution < 1.29 is 9.84 Å². The summed E-state index contributed by atoms with van der Waals surface area (Å²) in [6.07, 6.45) is 2.61. The Hall–Kier alpha value is -0.990. The van der Waals surface area contributed by atoms with Gasteiger partial charge in [-0.3, -0.25) is 0 Å². The van der Waals surface area contributed by atoms with Gasteiger partial charge in [0, 0.05) is 5.56 Å². The molecule has 1 aromatic rings. The van der Waals surface area contributed by atoms with Gasteiger partial charge in [0.25, 0.3) is 0 Å². The molecule has 1 N–H and O–H groups in total. The molecule has 12 heavy (non-hydrogen) atoms. The van der Waals surface area contributed by atoms with Crippen LogP contribution >= 0.6 is 12.4 Å². The summed E-state index contributed by atoms with van der Waals surface area (Å²) in [5.74, 6) is 0.738. The molecule has 3 heteroatoms. The first-order chi connectivity index (χ1) is 5.38. The fraction of sp³-hybridized carbons (Fsp3) is 0.111. The Morgan fingerprint density at radius 2 is 2.00 bits per heavy atom. The van der Waals surface area contributed by atoms with E-state index in [2.05, 4.69) is 0 Å². The van der Waals surface area contributed by atoms with Crippen molar-refractivity contribution in [2.45, 2.75) is 6.10 Å². The second-order valence-electron chi connectivity index (χ2n) is 2.43. The quantitative estimate of drug-likeness (QED) is 0.669. The van der Waals surface area contributed by atoms with E-state index in [0.717, 1.165) is 11.3 Å². The van der Waals surface area contributed by atoms with E-state index in [-0.39, 0.29) is 12.4 Å². The number of hydrogen-bond acceptors (Lipinski definition) is 2. The highest BCUT2D eigenvalue weighted by Gasteiger charge is 2.12. The normalized spacial score (nSPS) is 18.9. The average Bonchev–Trinajstić information content (AvgIpc) is 2.06. The van der Waals surface area contributed by atoms with Crippen LogP contribution < -0.4 is 4.74 Å². The zero-order chi connectivity index (χ0) is 7.68. The molecule has 2 rings (SSSR count). The number of fused-ring (bicyclic) bond motifs is 1. The Labute approximate surface area is 76.9 Å². The van der Waals surface area contributed by atoms with Crippen molar-refractivity contribution in [3.63, 3.8) is 0 Å². The van der Waals surface area contributed by atoms with Crippen LogP contribution in [-0.4, -0.2) is 5.11 Å². The topological polar surface area (TPSA) is 29.5 Å². The molecule has 1 aliphatic heterocycles. The van der Waals surface area contributed by atoms with E-state index >= 15 is 0 Å². The maximum Gasteiger partial charge on any atom is 0.132 e. The van der Waals surface area contributed by atoms with Crippen LogP contribution in [0.3, 0.4) is 0 Å². The van der Waals surface area contributed by atoms with Crippen molar-refractivity contribution in [3.8, 4) is 5.75 Å². The molecular formula is C9H9ClO2. The number of rotatable bonds is 0. The van der Waals surface area contributed by atoms with E-state index < -0.39 is 6.10 Å². The van der Waals surface area contributed by atoms with Crippen LogP contribution in [0.5, 0.6) is 5.75 Å². The molecule has 1 aliphatic rings. The Bertz CT molecular complexity index is 296. The molecule has 0 saturated carbocycles.